The molecule has 4 heteroatoms. The largest absolute Gasteiger partial charge is 0.367 e. The van der Waals surface area contributed by atoms with Crippen LogP contribution in [0.25, 0.3) is 0 Å². The number of aromatic nitrogens is 1. The lowest BCUT2D eigenvalue weighted by atomic mass is 9.90. The van der Waals surface area contributed by atoms with Crippen molar-refractivity contribution in [1.29, 1.82) is 5.26 Å². The molecule has 0 radical (unpaired) electrons. The van der Waals surface area contributed by atoms with E-state index in [4.69, 9.17) is 11.0 Å². The van der Waals surface area contributed by atoms with Gasteiger partial charge in [-0.3, -0.25) is 0 Å². The minimum atomic E-state index is 0.374. The molecule has 0 spiro atoms. The topological polar surface area (TPSA) is 65.9 Å². The third-order valence-electron chi connectivity index (χ3n) is 3.84. The molecule has 1 aliphatic rings. The minimum Gasteiger partial charge on any atom is -0.367 e. The van der Waals surface area contributed by atoms with Crippen molar-refractivity contribution in [2.45, 2.75) is 51.1 Å². The Balaban J connectivity index is 2.12. The van der Waals surface area contributed by atoms with Gasteiger partial charge in [0, 0.05) is 18.6 Å². The summed E-state index contributed by atoms with van der Waals surface area (Å²) in [7, 11) is 0. The Bertz CT molecular complexity index is 426. The zero-order valence-electron chi connectivity index (χ0n) is 11.5. The lowest BCUT2D eigenvalue weighted by Crippen LogP contribution is -2.41. The first-order chi connectivity index (χ1) is 9.24. The van der Waals surface area contributed by atoms with Crippen molar-refractivity contribution >= 4 is 5.69 Å². The van der Waals surface area contributed by atoms with Crippen LogP contribution >= 0.6 is 0 Å². The van der Waals surface area contributed by atoms with Gasteiger partial charge in [0.05, 0.1) is 11.9 Å². The van der Waals surface area contributed by atoms with Crippen LogP contribution in [0, 0.1) is 11.3 Å². The zero-order chi connectivity index (χ0) is 13.7. The normalized spacial score (nSPS) is 22.8. The summed E-state index contributed by atoms with van der Waals surface area (Å²) >= 11 is 0. The number of nitrogens with zero attached hydrogens (tertiary/aromatic N) is 3. The molecule has 2 rings (SSSR count). The van der Waals surface area contributed by atoms with Crippen molar-refractivity contribution < 1.29 is 0 Å². The molecule has 0 saturated heterocycles. The van der Waals surface area contributed by atoms with Crippen molar-refractivity contribution in [1.82, 2.24) is 4.98 Å². The predicted octanol–water partition coefficient (Wildman–Crippen LogP) is 2.44. The van der Waals surface area contributed by atoms with Gasteiger partial charge in [-0.25, -0.2) is 4.98 Å². The van der Waals surface area contributed by atoms with E-state index in [0.717, 1.165) is 44.3 Å². The second-order valence-corrected chi connectivity index (χ2v) is 5.28. The summed E-state index contributed by atoms with van der Waals surface area (Å²) in [6.45, 7) is 3.23. The highest BCUT2D eigenvalue weighted by molar-refractivity contribution is 5.47. The number of nitriles is 1. The number of nitrogens with two attached hydrogens (primary N) is 1. The van der Waals surface area contributed by atoms with Gasteiger partial charge in [0.1, 0.15) is 11.8 Å². The Morgan fingerprint density at radius 1 is 1.37 bits per heavy atom. The molecule has 1 saturated carbocycles. The fraction of sp³-hybridized carbons (Fsp3) is 0.600. The number of anilines is 1. The molecule has 0 aromatic carbocycles. The van der Waals surface area contributed by atoms with E-state index in [1.807, 2.05) is 12.3 Å². The van der Waals surface area contributed by atoms with Crippen molar-refractivity contribution in [3.05, 3.63) is 24.0 Å². The molecule has 2 N–H and O–H groups in total. The molecule has 0 bridgehead atoms. The van der Waals surface area contributed by atoms with E-state index in [1.54, 1.807) is 6.07 Å². The second-order valence-electron chi connectivity index (χ2n) is 5.28. The van der Waals surface area contributed by atoms with Crippen LogP contribution in [-0.4, -0.2) is 23.6 Å². The second kappa shape index (κ2) is 6.53. The molecule has 1 aromatic heterocycles. The van der Waals surface area contributed by atoms with E-state index in [9.17, 15) is 0 Å². The fourth-order valence-corrected chi connectivity index (χ4v) is 2.80. The van der Waals surface area contributed by atoms with E-state index in [-0.39, 0.29) is 0 Å². The first-order valence-electron chi connectivity index (χ1n) is 7.13. The van der Waals surface area contributed by atoms with Gasteiger partial charge in [-0.2, -0.15) is 5.26 Å². The van der Waals surface area contributed by atoms with Gasteiger partial charge in [0.2, 0.25) is 0 Å². The van der Waals surface area contributed by atoms with Crippen molar-refractivity contribution in [3.8, 4) is 6.07 Å². The van der Waals surface area contributed by atoms with Crippen LogP contribution in [0.2, 0.25) is 0 Å². The van der Waals surface area contributed by atoms with Crippen LogP contribution in [0.3, 0.4) is 0 Å². The maximum absolute atomic E-state index is 8.81. The minimum absolute atomic E-state index is 0.374. The van der Waals surface area contributed by atoms with Crippen LogP contribution in [0.5, 0.6) is 0 Å². The highest BCUT2D eigenvalue weighted by Gasteiger charge is 2.24. The molecule has 1 heterocycles. The molecule has 0 unspecified atom stereocenters. The number of pyridine rings is 1. The van der Waals surface area contributed by atoms with E-state index in [0.29, 0.717) is 17.8 Å². The van der Waals surface area contributed by atoms with Crippen LogP contribution in [0.15, 0.2) is 18.3 Å². The van der Waals surface area contributed by atoms with Crippen molar-refractivity contribution in [3.63, 3.8) is 0 Å². The summed E-state index contributed by atoms with van der Waals surface area (Å²) in [5.41, 5.74) is 7.58. The average molecular weight is 258 g/mol. The molecule has 0 atom stereocenters. The summed E-state index contributed by atoms with van der Waals surface area (Å²) in [6, 6.07) is 6.81. The Kier molecular flexibility index (Phi) is 4.75. The molecule has 4 nitrogen and oxygen atoms in total. The average Bonchev–Trinajstić information content (AvgIpc) is 2.46. The SMILES string of the molecule is CCCN(c1ccc(C#N)nc1)C1CCC(N)CC1. The molecular formula is C15H22N4. The predicted molar refractivity (Wildman–Crippen MR) is 76.8 cm³/mol. The molecule has 102 valence electrons. The van der Waals surface area contributed by atoms with E-state index >= 15 is 0 Å². The van der Waals surface area contributed by atoms with Gasteiger partial charge in [0.15, 0.2) is 0 Å². The van der Waals surface area contributed by atoms with Gasteiger partial charge in [-0.05, 0) is 44.2 Å². The molecule has 1 aromatic rings. The molecule has 0 amide bonds. The van der Waals surface area contributed by atoms with Gasteiger partial charge in [-0.15, -0.1) is 0 Å². The van der Waals surface area contributed by atoms with Crippen molar-refractivity contribution in [2.75, 3.05) is 11.4 Å². The van der Waals surface area contributed by atoms with Crippen LogP contribution in [-0.2, 0) is 0 Å². The number of hydrogen-bond acceptors (Lipinski definition) is 4. The monoisotopic (exact) mass is 258 g/mol. The maximum atomic E-state index is 8.81. The van der Waals surface area contributed by atoms with Gasteiger partial charge < -0.3 is 10.6 Å². The first kappa shape index (κ1) is 13.8. The molecular weight excluding hydrogens is 236 g/mol. The van der Waals surface area contributed by atoms with Crippen LogP contribution in [0.1, 0.15) is 44.7 Å². The standard InChI is InChI=1S/C15H22N4/c1-2-9-19(14-6-3-12(17)4-7-14)15-8-5-13(10-16)18-11-15/h5,8,11-12,14H,2-4,6-7,9,17H2,1H3. The quantitative estimate of drug-likeness (QED) is 0.900. The summed E-state index contributed by atoms with van der Waals surface area (Å²) in [5, 5.41) is 8.81. The third kappa shape index (κ3) is 3.45. The number of rotatable bonds is 4. The van der Waals surface area contributed by atoms with Crippen LogP contribution in [0.4, 0.5) is 5.69 Å². The van der Waals surface area contributed by atoms with Gasteiger partial charge in [-0.1, -0.05) is 6.92 Å². The van der Waals surface area contributed by atoms with Crippen LogP contribution < -0.4 is 10.6 Å². The highest BCUT2D eigenvalue weighted by atomic mass is 15.2. The first-order valence-corrected chi connectivity index (χ1v) is 7.13. The van der Waals surface area contributed by atoms with Gasteiger partial charge in [0.25, 0.3) is 0 Å². The molecule has 19 heavy (non-hydrogen) atoms. The highest BCUT2D eigenvalue weighted by Crippen LogP contribution is 2.26. The maximum Gasteiger partial charge on any atom is 0.140 e. The molecule has 0 aliphatic heterocycles. The van der Waals surface area contributed by atoms with Crippen molar-refractivity contribution in [2.24, 2.45) is 5.73 Å². The lowest BCUT2D eigenvalue weighted by Gasteiger charge is -2.37. The summed E-state index contributed by atoms with van der Waals surface area (Å²) in [5.74, 6) is 0. The van der Waals surface area contributed by atoms with Gasteiger partial charge >= 0.3 is 0 Å². The van der Waals surface area contributed by atoms with E-state index in [1.165, 1.54) is 0 Å². The van der Waals surface area contributed by atoms with E-state index in [2.05, 4.69) is 22.9 Å². The lowest BCUT2D eigenvalue weighted by molar-refractivity contribution is 0.375. The molecule has 1 aliphatic carbocycles. The Hall–Kier alpha value is -1.60. The number of hydrogen-bond donors (Lipinski definition) is 1. The summed E-state index contributed by atoms with van der Waals surface area (Å²) in [4.78, 5) is 6.61. The summed E-state index contributed by atoms with van der Waals surface area (Å²) < 4.78 is 0. The smallest absolute Gasteiger partial charge is 0.140 e. The fourth-order valence-electron chi connectivity index (χ4n) is 2.80. The zero-order valence-corrected chi connectivity index (χ0v) is 11.5. The Labute approximate surface area is 115 Å². The molecule has 1 fully saturated rings. The summed E-state index contributed by atoms with van der Waals surface area (Å²) in [6.07, 6.45) is 7.46. The Morgan fingerprint density at radius 3 is 2.63 bits per heavy atom. The third-order valence-corrected chi connectivity index (χ3v) is 3.84. The Morgan fingerprint density at radius 2 is 2.11 bits per heavy atom. The van der Waals surface area contributed by atoms with E-state index < -0.39 is 0 Å².